The van der Waals surface area contributed by atoms with Crippen LogP contribution in [0, 0.1) is 5.92 Å². The molecule has 0 aromatic carbocycles. The van der Waals surface area contributed by atoms with Crippen molar-refractivity contribution in [1.29, 1.82) is 0 Å². The normalized spacial score (nSPS) is 18.3. The first-order valence-electron chi connectivity index (χ1n) is 8.79. The lowest BCUT2D eigenvalue weighted by molar-refractivity contribution is 0.166. The van der Waals surface area contributed by atoms with Crippen molar-refractivity contribution in [3.8, 4) is 11.5 Å². The highest BCUT2D eigenvalue weighted by molar-refractivity contribution is 5.48. The Balaban J connectivity index is 1.40. The van der Waals surface area contributed by atoms with Gasteiger partial charge in [-0.3, -0.25) is 9.88 Å². The fraction of sp³-hybridized carbons (Fsp3) is 0.368. The smallest absolute Gasteiger partial charge is 0.156 e. The maximum atomic E-state index is 4.47. The number of likely N-dealkylation sites (tertiary alicyclic amines) is 1. The molecule has 128 valence electrons. The van der Waals surface area contributed by atoms with Gasteiger partial charge in [0.05, 0.1) is 0 Å². The minimum absolute atomic E-state index is 0.629. The van der Waals surface area contributed by atoms with Crippen molar-refractivity contribution in [2.75, 3.05) is 13.1 Å². The van der Waals surface area contributed by atoms with Gasteiger partial charge in [0.1, 0.15) is 12.0 Å². The van der Waals surface area contributed by atoms with Gasteiger partial charge in [0, 0.05) is 43.6 Å². The Kier molecular flexibility index (Phi) is 4.79. The van der Waals surface area contributed by atoms with Crippen molar-refractivity contribution in [2.45, 2.75) is 25.8 Å². The fourth-order valence-electron chi connectivity index (χ4n) is 3.55. The number of imidazole rings is 1. The molecular weight excluding hydrogens is 312 g/mol. The van der Waals surface area contributed by atoms with E-state index in [0.717, 1.165) is 43.3 Å². The number of rotatable bonds is 5. The minimum Gasteiger partial charge on any atom is -0.343 e. The average Bonchev–Trinajstić information content (AvgIpc) is 3.18. The maximum absolute atomic E-state index is 4.47. The second-order valence-corrected chi connectivity index (χ2v) is 6.64. The molecule has 25 heavy (non-hydrogen) atoms. The number of aromatic nitrogens is 5. The molecule has 0 saturated carbocycles. The molecule has 3 aromatic heterocycles. The summed E-state index contributed by atoms with van der Waals surface area (Å²) in [7, 11) is 0. The lowest BCUT2D eigenvalue weighted by Crippen LogP contribution is -2.35. The maximum Gasteiger partial charge on any atom is 0.156 e. The Morgan fingerprint density at radius 2 is 2.20 bits per heavy atom. The zero-order valence-corrected chi connectivity index (χ0v) is 14.2. The Morgan fingerprint density at radius 1 is 1.20 bits per heavy atom. The van der Waals surface area contributed by atoms with Gasteiger partial charge in [-0.25, -0.2) is 15.0 Å². The van der Waals surface area contributed by atoms with Gasteiger partial charge in [-0.15, -0.1) is 0 Å². The summed E-state index contributed by atoms with van der Waals surface area (Å²) in [5.74, 6) is 1.43. The van der Waals surface area contributed by atoms with E-state index in [4.69, 9.17) is 0 Å². The second kappa shape index (κ2) is 7.53. The van der Waals surface area contributed by atoms with Crippen LogP contribution in [-0.2, 0) is 13.0 Å². The van der Waals surface area contributed by atoms with Gasteiger partial charge in [0.25, 0.3) is 0 Å². The third-order valence-corrected chi connectivity index (χ3v) is 4.69. The molecule has 0 amide bonds. The highest BCUT2D eigenvalue weighted by Gasteiger charge is 2.21. The first kappa shape index (κ1) is 15.9. The van der Waals surface area contributed by atoms with E-state index in [1.54, 1.807) is 12.5 Å². The van der Waals surface area contributed by atoms with Crippen molar-refractivity contribution in [1.82, 2.24) is 29.8 Å². The predicted molar refractivity (Wildman–Crippen MR) is 95.6 cm³/mol. The van der Waals surface area contributed by atoms with Crippen LogP contribution in [0.4, 0.5) is 0 Å². The van der Waals surface area contributed by atoms with Crippen molar-refractivity contribution in [3.05, 3.63) is 60.6 Å². The molecular formula is C19H22N6. The molecule has 1 atom stereocenters. The molecule has 0 unspecified atom stereocenters. The fourth-order valence-corrected chi connectivity index (χ4v) is 3.55. The van der Waals surface area contributed by atoms with Crippen LogP contribution in [0.1, 0.15) is 24.1 Å². The van der Waals surface area contributed by atoms with Crippen molar-refractivity contribution in [2.24, 2.45) is 5.92 Å². The summed E-state index contributed by atoms with van der Waals surface area (Å²) in [6.07, 6.45) is 12.5. The summed E-state index contributed by atoms with van der Waals surface area (Å²) in [4.78, 5) is 22.9. The van der Waals surface area contributed by atoms with Crippen LogP contribution in [0.5, 0.6) is 0 Å². The molecule has 6 nitrogen and oxygen atoms in total. The first-order valence-corrected chi connectivity index (χ1v) is 8.79. The van der Waals surface area contributed by atoms with E-state index in [1.165, 1.54) is 18.4 Å². The Bertz CT molecular complexity index is 787. The van der Waals surface area contributed by atoms with Crippen molar-refractivity contribution < 1.29 is 0 Å². The van der Waals surface area contributed by atoms with E-state index in [1.807, 2.05) is 24.7 Å². The molecule has 4 rings (SSSR count). The number of aromatic amines is 1. The molecule has 6 heteroatoms. The quantitative estimate of drug-likeness (QED) is 0.777. The van der Waals surface area contributed by atoms with Crippen LogP contribution in [-0.4, -0.2) is 42.9 Å². The predicted octanol–water partition coefficient (Wildman–Crippen LogP) is 2.72. The Morgan fingerprint density at radius 3 is 3.04 bits per heavy atom. The van der Waals surface area contributed by atoms with Gasteiger partial charge in [0.15, 0.2) is 5.82 Å². The average molecular weight is 334 g/mol. The van der Waals surface area contributed by atoms with Crippen LogP contribution in [0.25, 0.3) is 11.5 Å². The summed E-state index contributed by atoms with van der Waals surface area (Å²) < 4.78 is 0. The molecule has 0 bridgehead atoms. The molecule has 1 fully saturated rings. The number of piperidine rings is 1. The molecule has 1 aliphatic rings. The summed E-state index contributed by atoms with van der Waals surface area (Å²) in [5, 5.41) is 0. The highest BCUT2D eigenvalue weighted by atomic mass is 15.1. The van der Waals surface area contributed by atoms with E-state index < -0.39 is 0 Å². The molecule has 1 saturated heterocycles. The molecule has 1 aliphatic heterocycles. The second-order valence-electron chi connectivity index (χ2n) is 6.64. The molecule has 4 heterocycles. The number of H-pyrrole nitrogens is 1. The lowest BCUT2D eigenvalue weighted by atomic mass is 9.93. The van der Waals surface area contributed by atoms with Gasteiger partial charge in [-0.05, 0) is 49.4 Å². The van der Waals surface area contributed by atoms with Crippen molar-refractivity contribution >= 4 is 0 Å². The van der Waals surface area contributed by atoms with Crippen LogP contribution in [0.3, 0.4) is 0 Å². The Labute approximate surface area is 147 Å². The summed E-state index contributed by atoms with van der Waals surface area (Å²) in [5.41, 5.74) is 3.23. The van der Waals surface area contributed by atoms with Gasteiger partial charge in [-0.1, -0.05) is 6.07 Å². The van der Waals surface area contributed by atoms with E-state index in [-0.39, 0.29) is 0 Å². The van der Waals surface area contributed by atoms with E-state index in [0.29, 0.717) is 5.92 Å². The van der Waals surface area contributed by atoms with E-state index in [9.17, 15) is 0 Å². The number of hydrogen-bond donors (Lipinski definition) is 1. The van der Waals surface area contributed by atoms with E-state index >= 15 is 0 Å². The zero-order chi connectivity index (χ0) is 16.9. The lowest BCUT2D eigenvalue weighted by Gasteiger charge is -2.32. The minimum atomic E-state index is 0.629. The number of nitrogens with zero attached hydrogens (tertiary/aromatic N) is 5. The third-order valence-electron chi connectivity index (χ3n) is 4.69. The van der Waals surface area contributed by atoms with Crippen LogP contribution < -0.4 is 0 Å². The number of hydrogen-bond acceptors (Lipinski definition) is 5. The monoisotopic (exact) mass is 334 g/mol. The number of pyridine rings is 1. The zero-order valence-electron chi connectivity index (χ0n) is 14.2. The van der Waals surface area contributed by atoms with Gasteiger partial charge in [0.2, 0.25) is 0 Å². The summed E-state index contributed by atoms with van der Waals surface area (Å²) in [6.45, 7) is 3.24. The van der Waals surface area contributed by atoms with Crippen LogP contribution >= 0.6 is 0 Å². The largest absolute Gasteiger partial charge is 0.343 e. The topological polar surface area (TPSA) is 70.6 Å². The Hall–Kier alpha value is -2.60. The van der Waals surface area contributed by atoms with Crippen molar-refractivity contribution in [3.63, 3.8) is 0 Å². The van der Waals surface area contributed by atoms with Crippen LogP contribution in [0.2, 0.25) is 0 Å². The molecule has 0 radical (unpaired) electrons. The summed E-state index contributed by atoms with van der Waals surface area (Å²) in [6, 6.07) is 6.21. The summed E-state index contributed by atoms with van der Waals surface area (Å²) >= 11 is 0. The van der Waals surface area contributed by atoms with Gasteiger partial charge >= 0.3 is 0 Å². The van der Waals surface area contributed by atoms with Gasteiger partial charge < -0.3 is 4.98 Å². The first-order chi connectivity index (χ1) is 12.4. The molecule has 0 spiro atoms. The van der Waals surface area contributed by atoms with Crippen LogP contribution in [0.15, 0.2) is 49.3 Å². The molecule has 0 aliphatic carbocycles. The van der Waals surface area contributed by atoms with Gasteiger partial charge in [-0.2, -0.15) is 0 Å². The molecule has 1 N–H and O–H groups in total. The molecule has 3 aromatic rings. The standard InChI is InChI=1S/C19H22N6/c1-3-16(11-20-5-1)13-25-8-2-4-15(12-25)9-17-10-18(24-14-23-17)19-21-6-7-22-19/h1,3,5-7,10-11,14-15H,2,4,8-9,12-13H2,(H,21,22)/t15-/m1/s1. The third kappa shape index (κ3) is 4.09. The highest BCUT2D eigenvalue weighted by Crippen LogP contribution is 2.22. The SMILES string of the molecule is c1cncc(CN2CCC[C@H](Cc3cc(-c4ncc[nH]4)ncn3)C2)c1. The van der Waals surface area contributed by atoms with E-state index in [2.05, 4.69) is 42.0 Å². The number of nitrogens with one attached hydrogen (secondary N) is 1.